The van der Waals surface area contributed by atoms with E-state index in [0.717, 1.165) is 63.1 Å². The minimum atomic E-state index is 0.0240. The third-order valence-electron chi connectivity index (χ3n) is 13.1. The van der Waals surface area contributed by atoms with Gasteiger partial charge in [-0.1, -0.05) is 162 Å². The number of aliphatic imine (C=N–C) groups is 1. The van der Waals surface area contributed by atoms with E-state index in [1.807, 2.05) is 6.08 Å². The number of allylic oxidation sites excluding steroid dienone is 1. The number of hydrogen-bond acceptors (Lipinski definition) is 2. The van der Waals surface area contributed by atoms with Gasteiger partial charge in [-0.25, -0.2) is 4.57 Å². The quantitative estimate of drug-likeness (QED) is 0.155. The molecule has 7 aromatic carbocycles. The Morgan fingerprint density at radius 2 is 1.33 bits per heavy atom. The fourth-order valence-electron chi connectivity index (χ4n) is 10.2. The molecule has 0 N–H and O–H groups in total. The first-order chi connectivity index (χ1) is 29.4. The van der Waals surface area contributed by atoms with E-state index in [-0.39, 0.29) is 12.0 Å². The highest BCUT2D eigenvalue weighted by atomic mass is 16.3. The van der Waals surface area contributed by atoms with Gasteiger partial charge in [0.1, 0.15) is 23.4 Å². The first-order valence-corrected chi connectivity index (χ1v) is 21.5. The van der Waals surface area contributed by atoms with E-state index < -0.39 is 0 Å². The Balaban J connectivity index is 1.20. The molecule has 9 aromatic rings. The van der Waals surface area contributed by atoms with Crippen LogP contribution in [0, 0.1) is 0 Å². The van der Waals surface area contributed by atoms with Crippen LogP contribution in [0.3, 0.4) is 0 Å². The molecule has 2 aliphatic rings. The Labute approximate surface area is 351 Å². The van der Waals surface area contributed by atoms with Crippen molar-refractivity contribution in [1.29, 1.82) is 0 Å². The Kier molecular flexibility index (Phi) is 8.59. The summed E-state index contributed by atoms with van der Waals surface area (Å²) in [7, 11) is 0. The van der Waals surface area contributed by atoms with Gasteiger partial charge in [-0.05, 0) is 82.0 Å². The zero-order chi connectivity index (χ0) is 40.6. The molecule has 0 saturated heterocycles. The molecule has 0 bridgehead atoms. The zero-order valence-corrected chi connectivity index (χ0v) is 34.7. The molecular formula is C56H48N3O+. The number of aromatic nitrogens is 2. The normalized spacial score (nSPS) is 16.0. The fourth-order valence-corrected chi connectivity index (χ4v) is 10.2. The van der Waals surface area contributed by atoms with Crippen molar-refractivity contribution in [1.82, 2.24) is 4.57 Å². The molecule has 2 aromatic heterocycles. The monoisotopic (exact) mass is 778 g/mol. The number of para-hydroxylation sites is 3. The fraction of sp³-hybridized carbons (Fsp3) is 0.179. The second-order valence-corrected chi connectivity index (χ2v) is 17.3. The third-order valence-corrected chi connectivity index (χ3v) is 13.1. The number of rotatable bonds is 6. The summed E-state index contributed by atoms with van der Waals surface area (Å²) in [6.45, 7) is 14.3. The molecule has 2 atom stereocenters. The second kappa shape index (κ2) is 14.2. The van der Waals surface area contributed by atoms with E-state index in [9.17, 15) is 0 Å². The lowest BCUT2D eigenvalue weighted by molar-refractivity contribution is -0.664. The second-order valence-electron chi connectivity index (χ2n) is 17.3. The minimum Gasteiger partial charge on any atom is -0.455 e. The lowest BCUT2D eigenvalue weighted by atomic mass is 9.79. The Morgan fingerprint density at radius 3 is 2.08 bits per heavy atom. The van der Waals surface area contributed by atoms with Crippen LogP contribution >= 0.6 is 0 Å². The molecule has 292 valence electrons. The predicted octanol–water partition coefficient (Wildman–Crippen LogP) is 13.8. The standard InChI is InChI=1S/C56H48N3O/c1-6-48-44-18-11-10-17-43(44)47-33-58-50-21-12-13-22-51(50)59(54-41(34(2)3)19-14-20-42(54)35(4)5)56(58)53-40(31-49(47)57-48)28-30-46-45-29-27-39(32-52(45)60-55(46)53)38-25-23-37(24-26-38)36-15-8-7-9-16-36/h6-30,32,34-35,47,49H,1,31,33H2,2-5H3/q+1. The van der Waals surface area contributed by atoms with Gasteiger partial charge in [-0.15, -0.1) is 0 Å². The van der Waals surface area contributed by atoms with Gasteiger partial charge in [0.2, 0.25) is 0 Å². The van der Waals surface area contributed by atoms with Crippen molar-refractivity contribution < 1.29 is 8.98 Å². The molecule has 4 heterocycles. The lowest BCUT2D eigenvalue weighted by Crippen LogP contribution is -2.45. The van der Waals surface area contributed by atoms with E-state index in [1.54, 1.807) is 0 Å². The topological polar surface area (TPSA) is 34.3 Å². The Hall–Kier alpha value is -6.78. The van der Waals surface area contributed by atoms with Crippen LogP contribution in [0.1, 0.15) is 73.3 Å². The number of nitrogens with zero attached hydrogens (tertiary/aromatic N) is 3. The number of imidazole rings is 1. The lowest BCUT2D eigenvalue weighted by Gasteiger charge is -2.32. The molecule has 0 radical (unpaired) electrons. The van der Waals surface area contributed by atoms with Crippen LogP contribution in [0.25, 0.3) is 72.3 Å². The number of furan rings is 1. The summed E-state index contributed by atoms with van der Waals surface area (Å²) in [5.74, 6) is 1.96. The van der Waals surface area contributed by atoms with Gasteiger partial charge in [0.25, 0.3) is 5.82 Å². The summed E-state index contributed by atoms with van der Waals surface area (Å²) in [5.41, 5.74) is 18.8. The van der Waals surface area contributed by atoms with Crippen LogP contribution in [0.4, 0.5) is 0 Å². The summed E-state index contributed by atoms with van der Waals surface area (Å²) in [6.07, 6.45) is 2.72. The van der Waals surface area contributed by atoms with E-state index >= 15 is 0 Å². The summed E-state index contributed by atoms with van der Waals surface area (Å²) >= 11 is 0. The van der Waals surface area contributed by atoms with Gasteiger partial charge in [0, 0.05) is 33.4 Å². The number of fused-ring (bicyclic) bond motifs is 12. The predicted molar refractivity (Wildman–Crippen MR) is 249 cm³/mol. The SMILES string of the molecule is C=CC1=NC2Cc3ccc4c(oc5cc(-c6ccc(-c7ccccc7)cc6)ccc54)c3-c3n(-c4c(C(C)C)cccc4C(C)C)c4ccccc4[n+]3CC2c2ccccc21. The first kappa shape index (κ1) is 36.3. The first-order valence-electron chi connectivity index (χ1n) is 21.5. The molecule has 0 fully saturated rings. The minimum absolute atomic E-state index is 0.0240. The largest absolute Gasteiger partial charge is 0.455 e. The molecule has 0 saturated carbocycles. The molecule has 4 nitrogen and oxygen atoms in total. The van der Waals surface area contributed by atoms with Crippen molar-refractivity contribution in [3.05, 3.63) is 192 Å². The van der Waals surface area contributed by atoms with Crippen LogP contribution < -0.4 is 4.57 Å². The molecule has 0 aliphatic carbocycles. The summed E-state index contributed by atoms with van der Waals surface area (Å²) in [4.78, 5) is 5.50. The maximum absolute atomic E-state index is 7.26. The van der Waals surface area contributed by atoms with E-state index in [0.29, 0.717) is 11.8 Å². The molecular weight excluding hydrogens is 731 g/mol. The van der Waals surface area contributed by atoms with Crippen molar-refractivity contribution in [3.63, 3.8) is 0 Å². The van der Waals surface area contributed by atoms with Gasteiger partial charge in [-0.2, -0.15) is 4.57 Å². The van der Waals surface area contributed by atoms with Gasteiger partial charge in [0.15, 0.2) is 16.6 Å². The maximum atomic E-state index is 7.26. The molecule has 0 amide bonds. The highest BCUT2D eigenvalue weighted by Gasteiger charge is 2.42. The highest BCUT2D eigenvalue weighted by Crippen LogP contribution is 2.46. The molecule has 4 heteroatoms. The van der Waals surface area contributed by atoms with Crippen molar-refractivity contribution in [2.24, 2.45) is 4.99 Å². The van der Waals surface area contributed by atoms with E-state index in [2.05, 4.69) is 195 Å². The van der Waals surface area contributed by atoms with Gasteiger partial charge >= 0.3 is 0 Å². The van der Waals surface area contributed by atoms with Crippen LogP contribution in [0.15, 0.2) is 174 Å². The Bertz CT molecular complexity index is 3150. The van der Waals surface area contributed by atoms with Gasteiger partial charge < -0.3 is 4.42 Å². The van der Waals surface area contributed by atoms with Crippen LogP contribution in [0.2, 0.25) is 0 Å². The smallest absolute Gasteiger partial charge is 0.299 e. The Morgan fingerprint density at radius 1 is 0.683 bits per heavy atom. The highest BCUT2D eigenvalue weighted by molar-refractivity contribution is 6.12. The average Bonchev–Trinajstić information content (AvgIpc) is 3.80. The maximum Gasteiger partial charge on any atom is 0.299 e. The molecule has 2 unspecified atom stereocenters. The molecule has 60 heavy (non-hydrogen) atoms. The van der Waals surface area contributed by atoms with Crippen LogP contribution in [-0.2, 0) is 13.0 Å². The van der Waals surface area contributed by atoms with Crippen molar-refractivity contribution >= 4 is 38.7 Å². The zero-order valence-electron chi connectivity index (χ0n) is 34.7. The van der Waals surface area contributed by atoms with Crippen molar-refractivity contribution in [3.8, 4) is 39.3 Å². The van der Waals surface area contributed by atoms with Crippen LogP contribution in [0.5, 0.6) is 0 Å². The third kappa shape index (κ3) is 5.65. The molecule has 0 spiro atoms. The van der Waals surface area contributed by atoms with Crippen molar-refractivity contribution in [2.45, 2.75) is 64.5 Å². The van der Waals surface area contributed by atoms with Gasteiger partial charge in [-0.3, -0.25) is 4.99 Å². The average molecular weight is 779 g/mol. The van der Waals surface area contributed by atoms with E-state index in [1.165, 1.54) is 55.7 Å². The summed E-state index contributed by atoms with van der Waals surface area (Å²) < 4.78 is 12.5. The van der Waals surface area contributed by atoms with Crippen LogP contribution in [-0.4, -0.2) is 16.3 Å². The summed E-state index contributed by atoms with van der Waals surface area (Å²) in [6, 6.07) is 55.6. The molecule has 11 rings (SSSR count). The van der Waals surface area contributed by atoms with Crippen molar-refractivity contribution in [2.75, 3.05) is 0 Å². The number of benzene rings is 7. The van der Waals surface area contributed by atoms with Gasteiger partial charge in [0.05, 0.1) is 11.8 Å². The number of hydrogen-bond donors (Lipinski definition) is 0. The molecule has 2 aliphatic heterocycles. The van der Waals surface area contributed by atoms with E-state index in [4.69, 9.17) is 9.41 Å². The summed E-state index contributed by atoms with van der Waals surface area (Å²) in [5, 5.41) is 2.25.